The smallest absolute Gasteiger partial charge is 0.107 e. The van der Waals surface area contributed by atoms with Gasteiger partial charge in [0.1, 0.15) is 18.5 Å². The molecule has 2 aliphatic carbocycles. The third-order valence-corrected chi connectivity index (χ3v) is 5.68. The van der Waals surface area contributed by atoms with Crippen LogP contribution in [0.15, 0.2) is 24.3 Å². The standard InChI is InChI=1S/C19H25F3/c1-12-2-4-13(5-3-12)16-8-6-14(10-18(16)21)17-9-7-15(20)11-19(17)22/h2-5,14-19H,6-11H2,1H3. The third-order valence-electron chi connectivity index (χ3n) is 5.68. The van der Waals surface area contributed by atoms with Gasteiger partial charge in [0.05, 0.1) is 0 Å². The molecule has 2 aliphatic rings. The fourth-order valence-electron chi connectivity index (χ4n) is 4.35. The Bertz CT molecular complexity index is 484. The van der Waals surface area contributed by atoms with Crippen LogP contribution in [0.1, 0.15) is 55.6 Å². The number of alkyl halides is 3. The largest absolute Gasteiger partial charge is 0.247 e. The van der Waals surface area contributed by atoms with Crippen LogP contribution in [0.25, 0.3) is 0 Å². The van der Waals surface area contributed by atoms with E-state index in [9.17, 15) is 13.2 Å². The zero-order valence-corrected chi connectivity index (χ0v) is 13.2. The molecule has 0 bridgehead atoms. The number of hydrogen-bond donors (Lipinski definition) is 0. The van der Waals surface area contributed by atoms with Crippen LogP contribution in [0.4, 0.5) is 13.2 Å². The first-order valence-corrected chi connectivity index (χ1v) is 8.53. The number of benzene rings is 1. The van der Waals surface area contributed by atoms with Gasteiger partial charge in [-0.25, -0.2) is 13.2 Å². The predicted octanol–water partition coefficient (Wildman–Crippen LogP) is 5.69. The van der Waals surface area contributed by atoms with Crippen molar-refractivity contribution in [1.82, 2.24) is 0 Å². The number of rotatable bonds is 2. The van der Waals surface area contributed by atoms with Crippen molar-refractivity contribution in [3.8, 4) is 0 Å². The van der Waals surface area contributed by atoms with Gasteiger partial charge in [-0.2, -0.15) is 0 Å². The van der Waals surface area contributed by atoms with Gasteiger partial charge in [-0.15, -0.1) is 0 Å². The van der Waals surface area contributed by atoms with Crippen LogP contribution in [0, 0.1) is 18.8 Å². The Morgan fingerprint density at radius 3 is 2.18 bits per heavy atom. The van der Waals surface area contributed by atoms with Crippen LogP contribution in [0.5, 0.6) is 0 Å². The summed E-state index contributed by atoms with van der Waals surface area (Å²) >= 11 is 0. The Labute approximate surface area is 131 Å². The molecule has 0 N–H and O–H groups in total. The molecular formula is C19H25F3. The van der Waals surface area contributed by atoms with Gasteiger partial charge in [0.25, 0.3) is 0 Å². The van der Waals surface area contributed by atoms with E-state index in [4.69, 9.17) is 0 Å². The minimum Gasteiger partial charge on any atom is -0.247 e. The molecule has 1 aromatic carbocycles. The molecule has 0 aliphatic heterocycles. The molecule has 2 saturated carbocycles. The maximum absolute atomic E-state index is 14.6. The van der Waals surface area contributed by atoms with E-state index in [1.54, 1.807) is 0 Å². The molecule has 122 valence electrons. The summed E-state index contributed by atoms with van der Waals surface area (Å²) in [5.74, 6) is -0.115. The second-order valence-corrected chi connectivity index (χ2v) is 7.20. The first-order valence-electron chi connectivity index (χ1n) is 8.53. The lowest BCUT2D eigenvalue weighted by Crippen LogP contribution is -2.37. The molecule has 0 radical (unpaired) electrons. The summed E-state index contributed by atoms with van der Waals surface area (Å²) in [7, 11) is 0. The van der Waals surface area contributed by atoms with Gasteiger partial charge in [0.15, 0.2) is 0 Å². The Balaban J connectivity index is 1.63. The Kier molecular flexibility index (Phi) is 4.79. The van der Waals surface area contributed by atoms with Gasteiger partial charge in [-0.3, -0.25) is 0 Å². The highest BCUT2D eigenvalue weighted by molar-refractivity contribution is 5.26. The van der Waals surface area contributed by atoms with E-state index in [-0.39, 0.29) is 24.2 Å². The first kappa shape index (κ1) is 15.9. The zero-order chi connectivity index (χ0) is 15.7. The quantitative estimate of drug-likeness (QED) is 0.658. The summed E-state index contributed by atoms with van der Waals surface area (Å²) in [6.07, 6.45) is 0.109. The maximum Gasteiger partial charge on any atom is 0.107 e. The van der Waals surface area contributed by atoms with E-state index in [1.165, 1.54) is 5.56 Å². The van der Waals surface area contributed by atoms with Crippen LogP contribution in [-0.4, -0.2) is 18.5 Å². The summed E-state index contributed by atoms with van der Waals surface area (Å²) in [5, 5.41) is 0. The lowest BCUT2D eigenvalue weighted by Gasteiger charge is -2.40. The Hall–Kier alpha value is -0.990. The second-order valence-electron chi connectivity index (χ2n) is 7.20. The molecule has 3 heteroatoms. The van der Waals surface area contributed by atoms with Gasteiger partial charge >= 0.3 is 0 Å². The van der Waals surface area contributed by atoms with Crippen LogP contribution < -0.4 is 0 Å². The Morgan fingerprint density at radius 2 is 1.55 bits per heavy atom. The molecule has 0 amide bonds. The average molecular weight is 310 g/mol. The molecule has 0 heterocycles. The van der Waals surface area contributed by atoms with Crippen LogP contribution in [0.2, 0.25) is 0 Å². The molecule has 0 aromatic heterocycles. The van der Waals surface area contributed by atoms with E-state index in [0.29, 0.717) is 19.3 Å². The van der Waals surface area contributed by atoms with Crippen molar-refractivity contribution in [2.45, 2.75) is 69.9 Å². The second kappa shape index (κ2) is 6.64. The van der Waals surface area contributed by atoms with Crippen molar-refractivity contribution < 1.29 is 13.2 Å². The number of halogens is 3. The third kappa shape index (κ3) is 3.33. The van der Waals surface area contributed by atoms with E-state index < -0.39 is 18.5 Å². The fourth-order valence-corrected chi connectivity index (χ4v) is 4.35. The molecule has 1 aromatic rings. The van der Waals surface area contributed by atoms with Crippen molar-refractivity contribution in [2.75, 3.05) is 0 Å². The highest BCUT2D eigenvalue weighted by Crippen LogP contribution is 2.45. The van der Waals surface area contributed by atoms with E-state index in [1.807, 2.05) is 31.2 Å². The Morgan fingerprint density at radius 1 is 0.818 bits per heavy atom. The highest BCUT2D eigenvalue weighted by Gasteiger charge is 2.40. The first-order chi connectivity index (χ1) is 10.5. The summed E-state index contributed by atoms with van der Waals surface area (Å²) in [6.45, 7) is 2.02. The van der Waals surface area contributed by atoms with E-state index >= 15 is 0 Å². The minimum atomic E-state index is -1.09. The topological polar surface area (TPSA) is 0 Å². The summed E-state index contributed by atoms with van der Waals surface area (Å²) in [5.41, 5.74) is 2.23. The normalized spacial score (nSPS) is 39.6. The van der Waals surface area contributed by atoms with Crippen LogP contribution in [0.3, 0.4) is 0 Å². The summed E-state index contributed by atoms with van der Waals surface area (Å²) < 4.78 is 42.0. The highest BCUT2D eigenvalue weighted by atomic mass is 19.1. The van der Waals surface area contributed by atoms with Crippen LogP contribution >= 0.6 is 0 Å². The van der Waals surface area contributed by atoms with Gasteiger partial charge in [0.2, 0.25) is 0 Å². The van der Waals surface area contributed by atoms with Gasteiger partial charge in [-0.05, 0) is 56.4 Å². The SMILES string of the molecule is Cc1ccc(C2CCC(C3CCC(F)CC3F)CC2F)cc1. The molecule has 0 nitrogen and oxygen atoms in total. The number of aryl methyl sites for hydroxylation is 1. The summed E-state index contributed by atoms with van der Waals surface area (Å²) in [6, 6.07) is 8.07. The minimum absolute atomic E-state index is 0.0134. The van der Waals surface area contributed by atoms with Gasteiger partial charge < -0.3 is 0 Å². The lowest BCUT2D eigenvalue weighted by molar-refractivity contribution is 0.0332. The monoisotopic (exact) mass is 310 g/mol. The lowest BCUT2D eigenvalue weighted by atomic mass is 9.68. The van der Waals surface area contributed by atoms with Gasteiger partial charge in [0, 0.05) is 12.3 Å². The van der Waals surface area contributed by atoms with Crippen LogP contribution in [-0.2, 0) is 0 Å². The number of hydrogen-bond acceptors (Lipinski definition) is 0. The van der Waals surface area contributed by atoms with Crippen molar-refractivity contribution in [3.63, 3.8) is 0 Å². The molecule has 6 unspecified atom stereocenters. The van der Waals surface area contributed by atoms with E-state index in [2.05, 4.69) is 0 Å². The van der Waals surface area contributed by atoms with Crippen molar-refractivity contribution >= 4 is 0 Å². The molecule has 22 heavy (non-hydrogen) atoms. The summed E-state index contributed by atoms with van der Waals surface area (Å²) in [4.78, 5) is 0. The maximum atomic E-state index is 14.6. The molecular weight excluding hydrogens is 285 g/mol. The molecule has 6 atom stereocenters. The molecule has 0 spiro atoms. The van der Waals surface area contributed by atoms with Crippen molar-refractivity contribution in [1.29, 1.82) is 0 Å². The van der Waals surface area contributed by atoms with Crippen molar-refractivity contribution in [2.24, 2.45) is 11.8 Å². The van der Waals surface area contributed by atoms with E-state index in [0.717, 1.165) is 18.4 Å². The molecule has 0 saturated heterocycles. The average Bonchev–Trinajstić information content (AvgIpc) is 2.48. The van der Waals surface area contributed by atoms with Gasteiger partial charge in [-0.1, -0.05) is 29.8 Å². The predicted molar refractivity (Wildman–Crippen MR) is 83.3 cm³/mol. The zero-order valence-electron chi connectivity index (χ0n) is 13.2. The van der Waals surface area contributed by atoms with Crippen molar-refractivity contribution in [3.05, 3.63) is 35.4 Å². The molecule has 3 rings (SSSR count). The molecule has 2 fully saturated rings. The fraction of sp³-hybridized carbons (Fsp3) is 0.684.